The maximum absolute atomic E-state index is 6.22. The first kappa shape index (κ1) is 18.3. The van der Waals surface area contributed by atoms with Crippen molar-refractivity contribution in [1.29, 1.82) is 0 Å². The number of halogens is 2. The molecule has 0 bridgehead atoms. The number of aryl methyl sites for hydroxylation is 1. The number of benzene rings is 1. The molecule has 134 valence electrons. The average molecular weight is 379 g/mol. The van der Waals surface area contributed by atoms with E-state index < -0.39 is 0 Å². The highest BCUT2D eigenvalue weighted by atomic mass is 35.5. The number of aromatic nitrogens is 2. The predicted molar refractivity (Wildman–Crippen MR) is 106 cm³/mol. The van der Waals surface area contributed by atoms with Gasteiger partial charge in [0.05, 0.1) is 0 Å². The summed E-state index contributed by atoms with van der Waals surface area (Å²) in [5.74, 6) is 2.51. The van der Waals surface area contributed by atoms with Crippen molar-refractivity contribution < 1.29 is 0 Å². The molecule has 4 nitrogen and oxygen atoms in total. The predicted octanol–water partition coefficient (Wildman–Crippen LogP) is 4.98. The number of piperidine rings is 1. The van der Waals surface area contributed by atoms with Gasteiger partial charge in [-0.05, 0) is 49.8 Å². The Balaban J connectivity index is 1.62. The summed E-state index contributed by atoms with van der Waals surface area (Å²) in [5.41, 5.74) is 2.05. The number of rotatable bonds is 5. The van der Waals surface area contributed by atoms with E-state index in [1.807, 2.05) is 19.1 Å². The molecule has 0 aliphatic carbocycles. The monoisotopic (exact) mass is 378 g/mol. The van der Waals surface area contributed by atoms with Crippen LogP contribution in [0.2, 0.25) is 10.0 Å². The molecule has 1 N–H and O–H groups in total. The SMILES string of the molecule is Cc1cc(N2CCC(C)CC2)nc(NCCc2ccc(Cl)cc2Cl)n1. The molecule has 25 heavy (non-hydrogen) atoms. The van der Waals surface area contributed by atoms with Gasteiger partial charge in [-0.1, -0.05) is 36.2 Å². The molecule has 0 spiro atoms. The number of nitrogens with one attached hydrogen (secondary N) is 1. The standard InChI is InChI=1S/C19H24Cl2N4/c1-13-6-9-25(10-7-13)18-11-14(2)23-19(24-18)22-8-5-15-3-4-16(20)12-17(15)21/h3-4,11-13H,5-10H2,1-2H3,(H,22,23,24). The second kappa shape index (κ2) is 8.24. The minimum Gasteiger partial charge on any atom is -0.356 e. The lowest BCUT2D eigenvalue weighted by molar-refractivity contribution is 0.436. The highest BCUT2D eigenvalue weighted by molar-refractivity contribution is 6.35. The van der Waals surface area contributed by atoms with E-state index in [9.17, 15) is 0 Å². The minimum absolute atomic E-state index is 0.657. The van der Waals surface area contributed by atoms with Crippen LogP contribution in [-0.2, 0) is 6.42 Å². The number of hydrogen-bond acceptors (Lipinski definition) is 4. The van der Waals surface area contributed by atoms with E-state index in [4.69, 9.17) is 28.2 Å². The third kappa shape index (κ3) is 4.99. The van der Waals surface area contributed by atoms with Crippen LogP contribution >= 0.6 is 23.2 Å². The lowest BCUT2D eigenvalue weighted by Crippen LogP contribution is -2.33. The summed E-state index contributed by atoms with van der Waals surface area (Å²) in [4.78, 5) is 11.6. The fraction of sp³-hybridized carbons (Fsp3) is 0.474. The molecule has 3 rings (SSSR count). The van der Waals surface area contributed by atoms with Crippen LogP contribution in [0.4, 0.5) is 11.8 Å². The van der Waals surface area contributed by atoms with E-state index in [0.717, 1.165) is 49.0 Å². The van der Waals surface area contributed by atoms with Gasteiger partial charge < -0.3 is 10.2 Å². The van der Waals surface area contributed by atoms with E-state index in [0.29, 0.717) is 16.0 Å². The molecule has 1 saturated heterocycles. The van der Waals surface area contributed by atoms with Crippen molar-refractivity contribution in [3.8, 4) is 0 Å². The van der Waals surface area contributed by atoms with Crippen LogP contribution in [0.3, 0.4) is 0 Å². The topological polar surface area (TPSA) is 41.1 Å². The molecule has 1 aromatic carbocycles. The van der Waals surface area contributed by atoms with Crippen LogP contribution in [0.25, 0.3) is 0 Å². The summed E-state index contributed by atoms with van der Waals surface area (Å²) in [6.07, 6.45) is 3.24. The first-order chi connectivity index (χ1) is 12.0. The highest BCUT2D eigenvalue weighted by Crippen LogP contribution is 2.23. The third-order valence-corrected chi connectivity index (χ3v) is 5.23. The number of hydrogen-bond donors (Lipinski definition) is 1. The van der Waals surface area contributed by atoms with Crippen molar-refractivity contribution >= 4 is 35.0 Å². The zero-order chi connectivity index (χ0) is 17.8. The number of nitrogens with zero attached hydrogens (tertiary/aromatic N) is 3. The van der Waals surface area contributed by atoms with Gasteiger partial charge in [0.15, 0.2) is 0 Å². The van der Waals surface area contributed by atoms with Gasteiger partial charge in [0, 0.05) is 41.4 Å². The van der Waals surface area contributed by atoms with Crippen LogP contribution in [0.15, 0.2) is 24.3 Å². The normalized spacial score (nSPS) is 15.4. The fourth-order valence-electron chi connectivity index (χ4n) is 3.06. The summed E-state index contributed by atoms with van der Waals surface area (Å²) in [6, 6.07) is 7.67. The van der Waals surface area contributed by atoms with Crippen LogP contribution < -0.4 is 10.2 Å². The van der Waals surface area contributed by atoms with Crippen LogP contribution in [0.1, 0.15) is 31.0 Å². The molecule has 1 aromatic heterocycles. The molecule has 2 heterocycles. The molecule has 1 aliphatic heterocycles. The molecule has 2 aromatic rings. The van der Waals surface area contributed by atoms with Gasteiger partial charge in [-0.15, -0.1) is 0 Å². The molecule has 0 unspecified atom stereocenters. The third-order valence-electron chi connectivity index (χ3n) is 4.64. The first-order valence-corrected chi connectivity index (χ1v) is 9.55. The van der Waals surface area contributed by atoms with Gasteiger partial charge in [-0.3, -0.25) is 0 Å². The van der Waals surface area contributed by atoms with E-state index in [2.05, 4.69) is 28.2 Å². The Morgan fingerprint density at radius 1 is 1.16 bits per heavy atom. The van der Waals surface area contributed by atoms with Crippen molar-refractivity contribution in [3.63, 3.8) is 0 Å². The zero-order valence-electron chi connectivity index (χ0n) is 14.7. The molecular weight excluding hydrogens is 355 g/mol. The lowest BCUT2D eigenvalue weighted by atomic mass is 9.99. The Morgan fingerprint density at radius 3 is 2.64 bits per heavy atom. The summed E-state index contributed by atoms with van der Waals surface area (Å²) in [7, 11) is 0. The highest BCUT2D eigenvalue weighted by Gasteiger charge is 2.18. The Bertz CT molecular complexity index is 727. The zero-order valence-corrected chi connectivity index (χ0v) is 16.2. The summed E-state index contributed by atoms with van der Waals surface area (Å²) in [5, 5.41) is 4.68. The van der Waals surface area contributed by atoms with Gasteiger partial charge >= 0.3 is 0 Å². The van der Waals surface area contributed by atoms with Gasteiger partial charge in [0.25, 0.3) is 0 Å². The Kier molecular flexibility index (Phi) is 6.02. The van der Waals surface area contributed by atoms with E-state index >= 15 is 0 Å². The summed E-state index contributed by atoms with van der Waals surface area (Å²) in [6.45, 7) is 7.19. The van der Waals surface area contributed by atoms with Crippen molar-refractivity contribution in [2.75, 3.05) is 29.9 Å². The Labute approximate surface area is 159 Å². The van der Waals surface area contributed by atoms with Crippen LogP contribution in [-0.4, -0.2) is 29.6 Å². The van der Waals surface area contributed by atoms with E-state index in [-0.39, 0.29) is 0 Å². The van der Waals surface area contributed by atoms with Crippen molar-refractivity contribution in [1.82, 2.24) is 9.97 Å². The van der Waals surface area contributed by atoms with Crippen molar-refractivity contribution in [3.05, 3.63) is 45.6 Å². The summed E-state index contributed by atoms with van der Waals surface area (Å²) >= 11 is 12.2. The molecule has 1 fully saturated rings. The Hall–Kier alpha value is -1.52. The second-order valence-electron chi connectivity index (χ2n) is 6.77. The first-order valence-electron chi connectivity index (χ1n) is 8.79. The van der Waals surface area contributed by atoms with Crippen molar-refractivity contribution in [2.24, 2.45) is 5.92 Å². The molecule has 0 radical (unpaired) electrons. The van der Waals surface area contributed by atoms with Crippen molar-refractivity contribution in [2.45, 2.75) is 33.1 Å². The number of anilines is 2. The molecular formula is C19H24Cl2N4. The van der Waals surface area contributed by atoms with Gasteiger partial charge in [0.2, 0.25) is 5.95 Å². The second-order valence-corrected chi connectivity index (χ2v) is 7.62. The largest absolute Gasteiger partial charge is 0.356 e. The summed E-state index contributed by atoms with van der Waals surface area (Å²) < 4.78 is 0. The fourth-order valence-corrected chi connectivity index (χ4v) is 3.57. The quantitative estimate of drug-likeness (QED) is 0.795. The molecule has 0 saturated carbocycles. The van der Waals surface area contributed by atoms with E-state index in [1.165, 1.54) is 12.8 Å². The minimum atomic E-state index is 0.657. The molecule has 0 atom stereocenters. The molecule has 1 aliphatic rings. The van der Waals surface area contributed by atoms with Crippen LogP contribution in [0.5, 0.6) is 0 Å². The smallest absolute Gasteiger partial charge is 0.224 e. The maximum Gasteiger partial charge on any atom is 0.224 e. The van der Waals surface area contributed by atoms with Crippen LogP contribution in [0, 0.1) is 12.8 Å². The Morgan fingerprint density at radius 2 is 1.92 bits per heavy atom. The van der Waals surface area contributed by atoms with Gasteiger partial charge in [-0.2, -0.15) is 4.98 Å². The molecule has 0 amide bonds. The molecule has 6 heteroatoms. The average Bonchev–Trinajstić information content (AvgIpc) is 2.57. The van der Waals surface area contributed by atoms with E-state index in [1.54, 1.807) is 6.07 Å². The lowest BCUT2D eigenvalue weighted by Gasteiger charge is -2.31. The van der Waals surface area contributed by atoms with Gasteiger partial charge in [0.1, 0.15) is 5.82 Å². The maximum atomic E-state index is 6.22. The van der Waals surface area contributed by atoms with Gasteiger partial charge in [-0.25, -0.2) is 4.98 Å².